The lowest BCUT2D eigenvalue weighted by molar-refractivity contribution is -0.140. The Hall–Kier alpha value is -3.60. The zero-order chi connectivity index (χ0) is 21.3. The highest BCUT2D eigenvalue weighted by atomic mass is 16.3. The standard InChI is InChI=1S/C25H23NO4/c1-3-17-8-12-18(13-9-17)22-21(23(27)19-10-6-16(2)7-11-19)24(28)25(29)26(22)15-20-5-4-14-30-20/h4-14,22,27H,3,15H2,1-2H3/b23-21+/t22-/m1/s1. The number of benzene rings is 2. The van der Waals surface area contributed by atoms with E-state index in [1.807, 2.05) is 43.3 Å². The Morgan fingerprint density at radius 2 is 1.73 bits per heavy atom. The van der Waals surface area contributed by atoms with Crippen LogP contribution >= 0.6 is 0 Å². The molecule has 4 rings (SSSR count). The fourth-order valence-electron chi connectivity index (χ4n) is 3.76. The monoisotopic (exact) mass is 401 g/mol. The number of carbonyl (C=O) groups excluding carboxylic acids is 2. The Kier molecular flexibility index (Phi) is 5.27. The van der Waals surface area contributed by atoms with Gasteiger partial charge in [0.05, 0.1) is 24.4 Å². The van der Waals surface area contributed by atoms with Gasteiger partial charge in [-0.3, -0.25) is 9.59 Å². The molecule has 0 bridgehead atoms. The number of carbonyl (C=O) groups is 2. The van der Waals surface area contributed by atoms with E-state index in [2.05, 4.69) is 6.92 Å². The second kappa shape index (κ2) is 8.03. The number of aliphatic hydroxyl groups is 1. The average molecular weight is 401 g/mol. The van der Waals surface area contributed by atoms with Gasteiger partial charge in [0.25, 0.3) is 11.7 Å². The van der Waals surface area contributed by atoms with Crippen molar-refractivity contribution in [3.8, 4) is 0 Å². The second-order valence-electron chi connectivity index (χ2n) is 7.47. The van der Waals surface area contributed by atoms with Gasteiger partial charge in [0.15, 0.2) is 0 Å². The van der Waals surface area contributed by atoms with E-state index in [0.29, 0.717) is 11.3 Å². The van der Waals surface area contributed by atoms with Crippen molar-refractivity contribution in [2.75, 3.05) is 0 Å². The summed E-state index contributed by atoms with van der Waals surface area (Å²) in [6.45, 7) is 4.15. The summed E-state index contributed by atoms with van der Waals surface area (Å²) in [5.41, 5.74) is 3.56. The van der Waals surface area contributed by atoms with Gasteiger partial charge in [-0.2, -0.15) is 0 Å². The van der Waals surface area contributed by atoms with E-state index >= 15 is 0 Å². The number of rotatable bonds is 5. The van der Waals surface area contributed by atoms with Crippen LogP contribution in [0.3, 0.4) is 0 Å². The molecule has 1 aromatic heterocycles. The van der Waals surface area contributed by atoms with Crippen molar-refractivity contribution in [1.29, 1.82) is 0 Å². The summed E-state index contributed by atoms with van der Waals surface area (Å²) >= 11 is 0. The van der Waals surface area contributed by atoms with Crippen LogP contribution in [0.15, 0.2) is 76.9 Å². The van der Waals surface area contributed by atoms with Crippen LogP contribution in [0, 0.1) is 6.92 Å². The second-order valence-corrected chi connectivity index (χ2v) is 7.47. The molecule has 30 heavy (non-hydrogen) atoms. The number of aliphatic hydroxyl groups excluding tert-OH is 1. The Morgan fingerprint density at radius 3 is 2.33 bits per heavy atom. The molecule has 3 aromatic rings. The lowest BCUT2D eigenvalue weighted by Gasteiger charge is -2.24. The largest absolute Gasteiger partial charge is 0.507 e. The highest BCUT2D eigenvalue weighted by Crippen LogP contribution is 2.40. The first-order valence-electron chi connectivity index (χ1n) is 9.96. The number of furan rings is 1. The van der Waals surface area contributed by atoms with Crippen LogP contribution in [-0.2, 0) is 22.6 Å². The molecule has 0 unspecified atom stereocenters. The van der Waals surface area contributed by atoms with Crippen LogP contribution in [0.5, 0.6) is 0 Å². The van der Waals surface area contributed by atoms with E-state index in [1.165, 1.54) is 11.2 Å². The van der Waals surface area contributed by atoms with Crippen molar-refractivity contribution in [3.63, 3.8) is 0 Å². The summed E-state index contributed by atoms with van der Waals surface area (Å²) in [7, 11) is 0. The van der Waals surface area contributed by atoms with Crippen LogP contribution in [0.25, 0.3) is 5.76 Å². The molecule has 1 aliphatic heterocycles. The van der Waals surface area contributed by atoms with Crippen LogP contribution < -0.4 is 0 Å². The molecular weight excluding hydrogens is 378 g/mol. The molecule has 1 fully saturated rings. The first kappa shape index (κ1) is 19.7. The average Bonchev–Trinajstić information content (AvgIpc) is 3.36. The minimum atomic E-state index is -0.692. The van der Waals surface area contributed by atoms with Gasteiger partial charge >= 0.3 is 0 Å². The number of Topliss-reactive ketones (excluding diaryl/α,β-unsaturated/α-hetero) is 1. The number of hydrogen-bond acceptors (Lipinski definition) is 4. The molecule has 2 heterocycles. The van der Waals surface area contributed by atoms with Gasteiger partial charge in [-0.25, -0.2) is 0 Å². The lowest BCUT2D eigenvalue weighted by atomic mass is 9.94. The Morgan fingerprint density at radius 1 is 1.03 bits per heavy atom. The predicted molar refractivity (Wildman–Crippen MR) is 114 cm³/mol. The van der Waals surface area contributed by atoms with Crippen molar-refractivity contribution in [3.05, 3.63) is 101 Å². The van der Waals surface area contributed by atoms with E-state index < -0.39 is 17.7 Å². The van der Waals surface area contributed by atoms with Crippen molar-refractivity contribution >= 4 is 17.4 Å². The predicted octanol–water partition coefficient (Wildman–Crippen LogP) is 4.77. The Balaban J connectivity index is 1.85. The summed E-state index contributed by atoms with van der Waals surface area (Å²) in [6.07, 6.45) is 2.42. The molecular formula is C25H23NO4. The van der Waals surface area contributed by atoms with Crippen LogP contribution in [-0.4, -0.2) is 21.7 Å². The first-order chi connectivity index (χ1) is 14.5. The molecule has 1 saturated heterocycles. The molecule has 0 aliphatic carbocycles. The van der Waals surface area contributed by atoms with Gasteiger partial charge in [-0.1, -0.05) is 61.0 Å². The molecule has 5 nitrogen and oxygen atoms in total. The third-order valence-corrected chi connectivity index (χ3v) is 5.47. The fourth-order valence-corrected chi connectivity index (χ4v) is 3.76. The van der Waals surface area contributed by atoms with E-state index in [1.54, 1.807) is 24.3 Å². The zero-order valence-electron chi connectivity index (χ0n) is 17.0. The third kappa shape index (κ3) is 3.54. The minimum Gasteiger partial charge on any atom is -0.507 e. The fraction of sp³-hybridized carbons (Fsp3) is 0.200. The topological polar surface area (TPSA) is 70.8 Å². The lowest BCUT2D eigenvalue weighted by Crippen LogP contribution is -2.29. The molecule has 0 radical (unpaired) electrons. The highest BCUT2D eigenvalue weighted by Gasteiger charge is 2.46. The quantitative estimate of drug-likeness (QED) is 0.380. The number of nitrogens with zero attached hydrogens (tertiary/aromatic N) is 1. The van der Waals surface area contributed by atoms with E-state index in [0.717, 1.165) is 23.1 Å². The molecule has 1 N–H and O–H groups in total. The Labute approximate surface area is 175 Å². The number of ketones is 1. The summed E-state index contributed by atoms with van der Waals surface area (Å²) < 4.78 is 5.41. The third-order valence-electron chi connectivity index (χ3n) is 5.47. The number of likely N-dealkylation sites (tertiary alicyclic amines) is 1. The molecule has 2 aromatic carbocycles. The number of amides is 1. The molecule has 1 aliphatic rings. The normalized spacial score (nSPS) is 18.2. The van der Waals surface area contributed by atoms with Gasteiger partial charge in [-0.15, -0.1) is 0 Å². The van der Waals surface area contributed by atoms with Crippen molar-refractivity contribution in [2.45, 2.75) is 32.9 Å². The summed E-state index contributed by atoms with van der Waals surface area (Å²) in [5.74, 6) is -0.934. The van der Waals surface area contributed by atoms with E-state index in [9.17, 15) is 14.7 Å². The molecule has 0 spiro atoms. The van der Waals surface area contributed by atoms with Gasteiger partial charge in [0.1, 0.15) is 11.5 Å². The smallest absolute Gasteiger partial charge is 0.296 e. The summed E-state index contributed by atoms with van der Waals surface area (Å²) in [4.78, 5) is 27.4. The molecule has 5 heteroatoms. The molecule has 1 atom stereocenters. The maximum atomic E-state index is 13.0. The van der Waals surface area contributed by atoms with Gasteiger partial charge in [0, 0.05) is 5.56 Å². The van der Waals surface area contributed by atoms with Crippen LogP contribution in [0.1, 0.15) is 41.0 Å². The molecule has 152 valence electrons. The zero-order valence-corrected chi connectivity index (χ0v) is 17.0. The number of aryl methyl sites for hydroxylation is 2. The molecule has 0 saturated carbocycles. The van der Waals surface area contributed by atoms with Crippen molar-refractivity contribution in [2.24, 2.45) is 0 Å². The summed E-state index contributed by atoms with van der Waals surface area (Å²) in [6, 6.07) is 17.8. The highest BCUT2D eigenvalue weighted by molar-refractivity contribution is 6.46. The van der Waals surface area contributed by atoms with E-state index in [-0.39, 0.29) is 17.9 Å². The van der Waals surface area contributed by atoms with E-state index in [4.69, 9.17) is 4.42 Å². The maximum Gasteiger partial charge on any atom is 0.296 e. The first-order valence-corrected chi connectivity index (χ1v) is 9.96. The van der Waals surface area contributed by atoms with Gasteiger partial charge < -0.3 is 14.4 Å². The summed E-state index contributed by atoms with van der Waals surface area (Å²) in [5, 5.41) is 11.0. The number of hydrogen-bond donors (Lipinski definition) is 1. The Bertz CT molecular complexity index is 1090. The SMILES string of the molecule is CCc1ccc([C@@H]2/C(=C(\O)c3ccc(C)cc3)C(=O)C(=O)N2Cc2ccco2)cc1. The maximum absolute atomic E-state index is 13.0. The van der Waals surface area contributed by atoms with Crippen LogP contribution in [0.2, 0.25) is 0 Å². The minimum absolute atomic E-state index is 0.0969. The van der Waals surface area contributed by atoms with Crippen molar-refractivity contribution in [1.82, 2.24) is 4.90 Å². The van der Waals surface area contributed by atoms with Crippen molar-refractivity contribution < 1.29 is 19.1 Å². The van der Waals surface area contributed by atoms with Gasteiger partial charge in [0.2, 0.25) is 0 Å². The van der Waals surface area contributed by atoms with Crippen LogP contribution in [0.4, 0.5) is 0 Å². The molecule has 1 amide bonds. The van der Waals surface area contributed by atoms with Gasteiger partial charge in [-0.05, 0) is 36.6 Å².